The monoisotopic (exact) mass is 300 g/mol. The number of rotatable bonds is 1. The van der Waals surface area contributed by atoms with Gasteiger partial charge in [-0.2, -0.15) is 0 Å². The molecule has 1 aromatic rings. The van der Waals surface area contributed by atoms with Gasteiger partial charge in [-0.1, -0.05) is 24.6 Å². The van der Waals surface area contributed by atoms with Crippen molar-refractivity contribution in [1.82, 2.24) is 0 Å². The third kappa shape index (κ3) is 2.66. The fourth-order valence-corrected chi connectivity index (χ4v) is 3.89. The van der Waals surface area contributed by atoms with Crippen molar-refractivity contribution in [3.63, 3.8) is 0 Å². The molecule has 0 saturated heterocycles. The smallest absolute Gasteiger partial charge is 0.196 e. The van der Waals surface area contributed by atoms with Gasteiger partial charge in [0.25, 0.3) is 0 Å². The van der Waals surface area contributed by atoms with E-state index >= 15 is 0 Å². The number of fused-ring (bicyclic) bond motifs is 1. The van der Waals surface area contributed by atoms with Crippen LogP contribution in [0.5, 0.6) is 0 Å². The minimum atomic E-state index is -1.45. The third-order valence-corrected chi connectivity index (χ3v) is 4.94. The van der Waals surface area contributed by atoms with Crippen molar-refractivity contribution >= 4 is 22.6 Å². The van der Waals surface area contributed by atoms with Crippen LogP contribution < -0.4 is 5.32 Å². The first-order chi connectivity index (χ1) is 9.65. The van der Waals surface area contributed by atoms with Gasteiger partial charge in [0.1, 0.15) is 0 Å². The maximum Gasteiger partial charge on any atom is 0.196 e. The lowest BCUT2D eigenvalue weighted by Gasteiger charge is -2.32. The van der Waals surface area contributed by atoms with E-state index < -0.39 is 17.5 Å². The summed E-state index contributed by atoms with van der Waals surface area (Å²) in [5.41, 5.74) is -0.0654. The van der Waals surface area contributed by atoms with Crippen molar-refractivity contribution in [2.24, 2.45) is 10.9 Å². The van der Waals surface area contributed by atoms with Crippen LogP contribution in [0.4, 0.5) is 18.9 Å². The lowest BCUT2D eigenvalue weighted by molar-refractivity contribution is 0.336. The second-order valence-corrected chi connectivity index (χ2v) is 6.21. The fourth-order valence-electron chi connectivity index (χ4n) is 2.73. The van der Waals surface area contributed by atoms with Crippen molar-refractivity contribution in [3.8, 4) is 0 Å². The lowest BCUT2D eigenvalue weighted by Crippen LogP contribution is -2.32. The Labute approximate surface area is 119 Å². The molecule has 1 fully saturated rings. The van der Waals surface area contributed by atoms with Gasteiger partial charge in [-0.3, -0.25) is 4.99 Å². The van der Waals surface area contributed by atoms with E-state index in [1.807, 2.05) is 0 Å². The van der Waals surface area contributed by atoms with E-state index in [1.165, 1.54) is 37.1 Å². The third-order valence-electron chi connectivity index (χ3n) is 3.86. The number of nitrogens with zero attached hydrogens (tertiary/aromatic N) is 1. The van der Waals surface area contributed by atoms with Crippen molar-refractivity contribution in [2.75, 3.05) is 11.1 Å². The number of thioether (sulfide) groups is 1. The Kier molecular flexibility index (Phi) is 3.92. The molecule has 1 N–H and O–H groups in total. The van der Waals surface area contributed by atoms with Crippen molar-refractivity contribution in [3.05, 3.63) is 29.6 Å². The highest BCUT2D eigenvalue weighted by molar-refractivity contribution is 8.14. The molecule has 1 saturated carbocycles. The molecule has 2 atom stereocenters. The van der Waals surface area contributed by atoms with Crippen molar-refractivity contribution in [1.29, 1.82) is 0 Å². The summed E-state index contributed by atoms with van der Waals surface area (Å²) in [7, 11) is 0. The molecule has 108 valence electrons. The Morgan fingerprint density at radius 3 is 2.75 bits per heavy atom. The van der Waals surface area contributed by atoms with Gasteiger partial charge in [-0.25, -0.2) is 13.2 Å². The van der Waals surface area contributed by atoms with Gasteiger partial charge < -0.3 is 5.32 Å². The van der Waals surface area contributed by atoms with Crippen molar-refractivity contribution < 1.29 is 13.2 Å². The standard InChI is InChI=1S/C14H15F3N2S/c15-9-5-6-11(13(17)12(9)16)19-14-18-10-4-2-1-3-8(10)7-20-14/h5-6,8,10H,1-4,7H2,(H,18,19). The van der Waals surface area contributed by atoms with Crippen LogP contribution in [0.15, 0.2) is 17.1 Å². The summed E-state index contributed by atoms with van der Waals surface area (Å²) in [4.78, 5) is 4.58. The Hall–Kier alpha value is -1.17. The Balaban J connectivity index is 1.78. The highest BCUT2D eigenvalue weighted by Gasteiger charge is 2.29. The van der Waals surface area contributed by atoms with E-state index in [4.69, 9.17) is 0 Å². The number of amidine groups is 1. The predicted molar refractivity (Wildman–Crippen MR) is 75.6 cm³/mol. The van der Waals surface area contributed by atoms with Crippen LogP contribution >= 0.6 is 11.8 Å². The molecule has 6 heteroatoms. The lowest BCUT2D eigenvalue weighted by atomic mass is 9.86. The Bertz CT molecular complexity index is 547. The van der Waals surface area contributed by atoms with E-state index in [2.05, 4.69) is 10.3 Å². The largest absolute Gasteiger partial charge is 0.332 e. The average Bonchev–Trinajstić information content (AvgIpc) is 2.48. The van der Waals surface area contributed by atoms with Gasteiger partial charge in [0, 0.05) is 5.75 Å². The van der Waals surface area contributed by atoms with Gasteiger partial charge >= 0.3 is 0 Å². The summed E-state index contributed by atoms with van der Waals surface area (Å²) in [5.74, 6) is -2.29. The maximum absolute atomic E-state index is 13.6. The molecule has 1 aliphatic carbocycles. The molecule has 2 nitrogen and oxygen atoms in total. The second-order valence-electron chi connectivity index (χ2n) is 5.21. The quantitative estimate of drug-likeness (QED) is 0.787. The van der Waals surface area contributed by atoms with E-state index in [1.54, 1.807) is 0 Å². The number of aliphatic imine (C=N–C) groups is 1. The van der Waals surface area contributed by atoms with Gasteiger partial charge in [0.05, 0.1) is 11.7 Å². The minimum absolute atomic E-state index is 0.0654. The summed E-state index contributed by atoms with van der Waals surface area (Å²) in [6.45, 7) is 0. The number of hydrogen-bond acceptors (Lipinski definition) is 3. The molecule has 20 heavy (non-hydrogen) atoms. The first-order valence-electron chi connectivity index (χ1n) is 6.76. The molecule has 1 aromatic carbocycles. The van der Waals surface area contributed by atoms with Gasteiger partial charge in [-0.05, 0) is 30.9 Å². The highest BCUT2D eigenvalue weighted by Crippen LogP contribution is 2.34. The zero-order valence-corrected chi connectivity index (χ0v) is 11.7. The van der Waals surface area contributed by atoms with Crippen LogP contribution in [0.1, 0.15) is 25.7 Å². The first-order valence-corrected chi connectivity index (χ1v) is 7.75. The topological polar surface area (TPSA) is 24.4 Å². The molecule has 0 bridgehead atoms. The molecule has 0 spiro atoms. The molecule has 2 unspecified atom stereocenters. The summed E-state index contributed by atoms with van der Waals surface area (Å²) in [6.07, 6.45) is 4.66. The predicted octanol–water partition coefficient (Wildman–Crippen LogP) is 4.18. The van der Waals surface area contributed by atoms with Crippen LogP contribution in [-0.4, -0.2) is 17.0 Å². The van der Waals surface area contributed by atoms with Gasteiger partial charge in [0.2, 0.25) is 0 Å². The number of benzene rings is 1. The minimum Gasteiger partial charge on any atom is -0.332 e. The number of anilines is 1. The van der Waals surface area contributed by atoms with Crippen LogP contribution in [0.25, 0.3) is 0 Å². The Morgan fingerprint density at radius 1 is 1.10 bits per heavy atom. The molecule has 0 radical (unpaired) electrons. The maximum atomic E-state index is 13.6. The molecule has 3 rings (SSSR count). The summed E-state index contributed by atoms with van der Waals surface area (Å²) in [6, 6.07) is 2.39. The van der Waals surface area contributed by atoms with Gasteiger partial charge in [0.15, 0.2) is 22.6 Å². The molecular weight excluding hydrogens is 285 g/mol. The van der Waals surface area contributed by atoms with Gasteiger partial charge in [-0.15, -0.1) is 0 Å². The average molecular weight is 300 g/mol. The normalized spacial score (nSPS) is 25.9. The second kappa shape index (κ2) is 5.68. The van der Waals surface area contributed by atoms with E-state index in [-0.39, 0.29) is 11.7 Å². The van der Waals surface area contributed by atoms with Crippen LogP contribution in [0.2, 0.25) is 0 Å². The molecule has 1 heterocycles. The first kappa shape index (κ1) is 13.8. The van der Waals surface area contributed by atoms with Crippen LogP contribution in [-0.2, 0) is 0 Å². The summed E-state index contributed by atoms with van der Waals surface area (Å²) < 4.78 is 39.7. The SMILES string of the molecule is Fc1ccc(NC2=NC3CCCCC3CS2)c(F)c1F. The summed E-state index contributed by atoms with van der Waals surface area (Å²) in [5, 5.41) is 3.38. The summed E-state index contributed by atoms with van der Waals surface area (Å²) >= 11 is 1.52. The molecular formula is C14H15F3N2S. The fraction of sp³-hybridized carbons (Fsp3) is 0.500. The Morgan fingerprint density at radius 2 is 1.90 bits per heavy atom. The van der Waals surface area contributed by atoms with Crippen LogP contribution in [0.3, 0.4) is 0 Å². The molecule has 1 aliphatic heterocycles. The number of halogens is 3. The van der Waals surface area contributed by atoms with E-state index in [0.717, 1.165) is 18.2 Å². The zero-order chi connectivity index (χ0) is 14.1. The van der Waals surface area contributed by atoms with E-state index in [9.17, 15) is 13.2 Å². The van der Waals surface area contributed by atoms with E-state index in [0.29, 0.717) is 11.1 Å². The van der Waals surface area contributed by atoms with Crippen molar-refractivity contribution in [2.45, 2.75) is 31.7 Å². The highest BCUT2D eigenvalue weighted by atomic mass is 32.2. The van der Waals surface area contributed by atoms with Crippen LogP contribution in [0, 0.1) is 23.4 Å². The molecule has 0 amide bonds. The molecule has 2 aliphatic rings. The zero-order valence-electron chi connectivity index (χ0n) is 10.8. The number of hydrogen-bond donors (Lipinski definition) is 1. The molecule has 0 aromatic heterocycles. The number of nitrogens with one attached hydrogen (secondary N) is 1.